The molecule has 7 heteroatoms. The van der Waals surface area contributed by atoms with Crippen molar-refractivity contribution in [3.05, 3.63) is 99.1 Å². The van der Waals surface area contributed by atoms with Crippen LogP contribution in [0.4, 0.5) is 10.1 Å². The van der Waals surface area contributed by atoms with Crippen molar-refractivity contribution in [1.29, 1.82) is 0 Å². The van der Waals surface area contributed by atoms with Gasteiger partial charge in [-0.2, -0.15) is 0 Å². The lowest BCUT2D eigenvalue weighted by Gasteiger charge is -2.21. The summed E-state index contributed by atoms with van der Waals surface area (Å²) in [5.74, 6) is -0.832. The quantitative estimate of drug-likeness (QED) is 0.658. The summed E-state index contributed by atoms with van der Waals surface area (Å²) in [5.41, 5.74) is 0.308. The minimum absolute atomic E-state index is 0.295. The molecule has 0 saturated heterocycles. The summed E-state index contributed by atoms with van der Waals surface area (Å²) in [6, 6.07) is 16.1. The van der Waals surface area contributed by atoms with Crippen LogP contribution < -0.4 is 16.1 Å². The first-order chi connectivity index (χ1) is 13.5. The summed E-state index contributed by atoms with van der Waals surface area (Å²) in [7, 11) is 0. The first-order valence-electron chi connectivity index (χ1n) is 8.89. The number of halogens is 1. The molecule has 144 valence electrons. The molecule has 6 nitrogen and oxygen atoms in total. The van der Waals surface area contributed by atoms with E-state index in [4.69, 9.17) is 0 Å². The minimum atomic E-state index is -0.556. The molecule has 0 aliphatic rings. The Hall–Kier alpha value is -3.48. The highest BCUT2D eigenvalue weighted by Gasteiger charge is 2.17. The monoisotopic (exact) mass is 381 g/mol. The van der Waals surface area contributed by atoms with Crippen LogP contribution >= 0.6 is 0 Å². The van der Waals surface area contributed by atoms with Crippen molar-refractivity contribution in [3.63, 3.8) is 0 Å². The summed E-state index contributed by atoms with van der Waals surface area (Å²) in [4.78, 5) is 39.1. The Morgan fingerprint density at radius 3 is 2.32 bits per heavy atom. The molecule has 28 heavy (non-hydrogen) atoms. The average molecular weight is 381 g/mol. The highest BCUT2D eigenvalue weighted by Crippen LogP contribution is 2.15. The molecule has 0 aliphatic heterocycles. The highest BCUT2D eigenvalue weighted by atomic mass is 19.1. The van der Waals surface area contributed by atoms with Gasteiger partial charge in [0.2, 0.25) is 5.91 Å². The first-order valence-corrected chi connectivity index (χ1v) is 8.89. The van der Waals surface area contributed by atoms with Gasteiger partial charge in [0.1, 0.15) is 12.4 Å². The second-order valence-corrected chi connectivity index (χ2v) is 6.25. The third kappa shape index (κ3) is 4.25. The van der Waals surface area contributed by atoms with E-state index < -0.39 is 29.5 Å². The number of amides is 1. The molecule has 0 unspecified atom stereocenters. The Labute approximate surface area is 161 Å². The second-order valence-electron chi connectivity index (χ2n) is 6.25. The van der Waals surface area contributed by atoms with E-state index in [0.717, 1.165) is 10.1 Å². The van der Waals surface area contributed by atoms with Crippen LogP contribution in [0.5, 0.6) is 0 Å². The second kappa shape index (κ2) is 8.47. The Bertz CT molecular complexity index is 1070. The molecule has 3 aromatic rings. The van der Waals surface area contributed by atoms with Crippen molar-refractivity contribution < 1.29 is 9.18 Å². The molecule has 0 aliphatic carbocycles. The van der Waals surface area contributed by atoms with Crippen LogP contribution in [0, 0.1) is 5.82 Å². The molecule has 1 heterocycles. The van der Waals surface area contributed by atoms with Crippen molar-refractivity contribution in [2.45, 2.75) is 20.0 Å². The third-order valence-electron chi connectivity index (χ3n) is 4.38. The number of carbonyl (C=O) groups is 1. The molecule has 0 spiro atoms. The van der Waals surface area contributed by atoms with Crippen molar-refractivity contribution in [1.82, 2.24) is 9.13 Å². The SMILES string of the molecule is CCN(C(=O)Cn1c(=O)ccn(Cc2ccccc2)c1=O)c1ccc(F)cc1. The predicted octanol–water partition coefficient (Wildman–Crippen LogP) is 2.25. The van der Waals surface area contributed by atoms with E-state index in [-0.39, 0.29) is 0 Å². The van der Waals surface area contributed by atoms with E-state index in [1.165, 1.54) is 46.0 Å². The number of benzene rings is 2. The van der Waals surface area contributed by atoms with E-state index in [0.29, 0.717) is 18.8 Å². The Kier molecular flexibility index (Phi) is 5.84. The maximum atomic E-state index is 13.1. The fourth-order valence-corrected chi connectivity index (χ4v) is 2.95. The number of aromatic nitrogens is 2. The average Bonchev–Trinajstić information content (AvgIpc) is 2.70. The van der Waals surface area contributed by atoms with E-state index in [2.05, 4.69) is 0 Å². The molecule has 0 fully saturated rings. The van der Waals surface area contributed by atoms with Crippen molar-refractivity contribution in [2.75, 3.05) is 11.4 Å². The highest BCUT2D eigenvalue weighted by molar-refractivity contribution is 5.93. The van der Waals surface area contributed by atoms with Gasteiger partial charge in [-0.3, -0.25) is 18.7 Å². The van der Waals surface area contributed by atoms with E-state index >= 15 is 0 Å². The summed E-state index contributed by atoms with van der Waals surface area (Å²) >= 11 is 0. The zero-order valence-corrected chi connectivity index (χ0v) is 15.4. The molecule has 2 aromatic carbocycles. The number of carbonyl (C=O) groups excluding carboxylic acids is 1. The number of anilines is 1. The minimum Gasteiger partial charge on any atom is -0.311 e. The van der Waals surface area contributed by atoms with Crippen LogP contribution in [0.15, 0.2) is 76.4 Å². The molecular formula is C21H20FN3O3. The predicted molar refractivity (Wildman–Crippen MR) is 105 cm³/mol. The number of rotatable bonds is 6. The van der Waals surface area contributed by atoms with Gasteiger partial charge in [0.25, 0.3) is 5.56 Å². The normalized spacial score (nSPS) is 10.6. The van der Waals surface area contributed by atoms with Crippen molar-refractivity contribution in [3.8, 4) is 0 Å². The fraction of sp³-hybridized carbons (Fsp3) is 0.190. The number of hydrogen-bond acceptors (Lipinski definition) is 3. The molecule has 1 amide bonds. The molecular weight excluding hydrogens is 361 g/mol. The van der Waals surface area contributed by atoms with Gasteiger partial charge in [0, 0.05) is 24.5 Å². The largest absolute Gasteiger partial charge is 0.331 e. The van der Waals surface area contributed by atoms with Gasteiger partial charge < -0.3 is 4.90 Å². The number of nitrogens with zero attached hydrogens (tertiary/aromatic N) is 3. The Morgan fingerprint density at radius 1 is 1.00 bits per heavy atom. The van der Waals surface area contributed by atoms with Gasteiger partial charge >= 0.3 is 5.69 Å². The van der Waals surface area contributed by atoms with E-state index in [1.54, 1.807) is 6.92 Å². The van der Waals surface area contributed by atoms with Gasteiger partial charge in [-0.05, 0) is 36.8 Å². The van der Waals surface area contributed by atoms with Crippen LogP contribution in [0.1, 0.15) is 12.5 Å². The van der Waals surface area contributed by atoms with Crippen molar-refractivity contribution in [2.24, 2.45) is 0 Å². The van der Waals surface area contributed by atoms with Gasteiger partial charge in [0.05, 0.1) is 6.54 Å². The van der Waals surface area contributed by atoms with Crippen LogP contribution in [0.2, 0.25) is 0 Å². The van der Waals surface area contributed by atoms with Crippen LogP contribution in [0.25, 0.3) is 0 Å². The van der Waals surface area contributed by atoms with Gasteiger partial charge in [-0.15, -0.1) is 0 Å². The lowest BCUT2D eigenvalue weighted by molar-refractivity contribution is -0.119. The number of hydrogen-bond donors (Lipinski definition) is 0. The zero-order valence-electron chi connectivity index (χ0n) is 15.4. The molecule has 0 saturated carbocycles. The lowest BCUT2D eigenvalue weighted by Crippen LogP contribution is -2.44. The van der Waals surface area contributed by atoms with Crippen LogP contribution in [-0.4, -0.2) is 21.6 Å². The molecule has 3 rings (SSSR count). The van der Waals surface area contributed by atoms with Crippen LogP contribution in [0.3, 0.4) is 0 Å². The molecule has 0 bridgehead atoms. The summed E-state index contributed by atoms with van der Waals surface area (Å²) in [5, 5.41) is 0. The van der Waals surface area contributed by atoms with Gasteiger partial charge in [-0.1, -0.05) is 30.3 Å². The maximum Gasteiger partial charge on any atom is 0.331 e. The van der Waals surface area contributed by atoms with E-state index in [1.807, 2.05) is 30.3 Å². The third-order valence-corrected chi connectivity index (χ3v) is 4.38. The van der Waals surface area contributed by atoms with Gasteiger partial charge in [0.15, 0.2) is 0 Å². The van der Waals surface area contributed by atoms with Gasteiger partial charge in [-0.25, -0.2) is 9.18 Å². The maximum absolute atomic E-state index is 13.1. The number of likely N-dealkylation sites (N-methyl/N-ethyl adjacent to an activating group) is 1. The fourth-order valence-electron chi connectivity index (χ4n) is 2.95. The molecule has 0 N–H and O–H groups in total. The molecule has 0 radical (unpaired) electrons. The molecule has 1 aromatic heterocycles. The van der Waals surface area contributed by atoms with Crippen molar-refractivity contribution >= 4 is 11.6 Å². The zero-order chi connectivity index (χ0) is 20.1. The standard InChI is InChI=1S/C21H20FN3O3/c1-2-24(18-10-8-17(22)9-11-18)20(27)15-25-19(26)12-13-23(21(25)28)14-16-6-4-3-5-7-16/h3-13H,2,14-15H2,1H3. The first kappa shape index (κ1) is 19.3. The summed E-state index contributed by atoms with van der Waals surface area (Å²) < 4.78 is 15.4. The van der Waals surface area contributed by atoms with E-state index in [9.17, 15) is 18.8 Å². The summed E-state index contributed by atoms with van der Waals surface area (Å²) in [6.07, 6.45) is 1.43. The Morgan fingerprint density at radius 2 is 1.68 bits per heavy atom. The Balaban J connectivity index is 1.87. The molecule has 0 atom stereocenters. The van der Waals surface area contributed by atoms with Crippen LogP contribution in [-0.2, 0) is 17.9 Å². The topological polar surface area (TPSA) is 64.3 Å². The lowest BCUT2D eigenvalue weighted by atomic mass is 10.2. The summed E-state index contributed by atoms with van der Waals surface area (Å²) in [6.45, 7) is 2.00. The smallest absolute Gasteiger partial charge is 0.311 e.